The maximum atomic E-state index is 8.99. The monoisotopic (exact) mass is 355 g/mol. The van der Waals surface area contributed by atoms with E-state index in [-0.39, 0.29) is 17.9 Å². The van der Waals surface area contributed by atoms with Crippen molar-refractivity contribution < 1.29 is 5.11 Å². The van der Waals surface area contributed by atoms with Crippen molar-refractivity contribution in [1.29, 1.82) is 0 Å². The van der Waals surface area contributed by atoms with Gasteiger partial charge in [-0.15, -0.1) is 0 Å². The fourth-order valence-electron chi connectivity index (χ4n) is 1.33. The number of aliphatic hydroxyl groups excluding tert-OH is 1. The van der Waals surface area contributed by atoms with Crippen LogP contribution in [-0.2, 0) is 0 Å². The average Bonchev–Trinajstić information content (AvgIpc) is 2.22. The van der Waals surface area contributed by atoms with Crippen molar-refractivity contribution in [2.24, 2.45) is 5.92 Å². The van der Waals surface area contributed by atoms with E-state index in [9.17, 15) is 0 Å². The Morgan fingerprint density at radius 3 is 2.81 bits per heavy atom. The van der Waals surface area contributed by atoms with Crippen LogP contribution in [0.25, 0.3) is 0 Å². The van der Waals surface area contributed by atoms with Gasteiger partial charge >= 0.3 is 0 Å². The Bertz CT molecular complexity index is 349. The maximum absolute atomic E-state index is 8.99. The zero-order chi connectivity index (χ0) is 12.1. The fraction of sp³-hybridized carbons (Fsp3) is 0.600. The van der Waals surface area contributed by atoms with Gasteiger partial charge < -0.3 is 10.4 Å². The molecule has 0 radical (unpaired) electrons. The molecule has 1 unspecified atom stereocenters. The molecule has 0 fully saturated rings. The minimum atomic E-state index is 0.158. The SMILES string of the molecule is CC(C)C(CCO)Nc1nc(Cl)ncc1I. The molecule has 0 bridgehead atoms. The van der Waals surface area contributed by atoms with Crippen LogP contribution in [0.3, 0.4) is 0 Å². The molecule has 1 heterocycles. The molecular formula is C10H15ClIN3O. The van der Waals surface area contributed by atoms with Gasteiger partial charge in [-0.1, -0.05) is 13.8 Å². The zero-order valence-corrected chi connectivity index (χ0v) is 12.2. The van der Waals surface area contributed by atoms with Gasteiger partial charge in [-0.3, -0.25) is 0 Å². The number of aliphatic hydroxyl groups is 1. The zero-order valence-electron chi connectivity index (χ0n) is 9.24. The number of anilines is 1. The van der Waals surface area contributed by atoms with Gasteiger partial charge in [0.1, 0.15) is 5.82 Å². The van der Waals surface area contributed by atoms with E-state index >= 15 is 0 Å². The lowest BCUT2D eigenvalue weighted by Crippen LogP contribution is -2.27. The van der Waals surface area contributed by atoms with Crippen LogP contribution in [0.5, 0.6) is 0 Å². The summed E-state index contributed by atoms with van der Waals surface area (Å²) in [6.07, 6.45) is 2.37. The summed E-state index contributed by atoms with van der Waals surface area (Å²) in [5, 5.41) is 12.5. The molecule has 0 aliphatic carbocycles. The Labute approximate surface area is 114 Å². The van der Waals surface area contributed by atoms with Crippen LogP contribution in [0.2, 0.25) is 5.28 Å². The number of hydrogen-bond acceptors (Lipinski definition) is 4. The van der Waals surface area contributed by atoms with Gasteiger partial charge in [-0.05, 0) is 46.5 Å². The van der Waals surface area contributed by atoms with Gasteiger partial charge in [-0.25, -0.2) is 4.98 Å². The molecule has 1 aromatic heterocycles. The van der Waals surface area contributed by atoms with Gasteiger partial charge in [-0.2, -0.15) is 4.98 Å². The molecule has 1 atom stereocenters. The van der Waals surface area contributed by atoms with Crippen LogP contribution in [0.4, 0.5) is 5.82 Å². The van der Waals surface area contributed by atoms with Gasteiger partial charge in [0.25, 0.3) is 0 Å². The largest absolute Gasteiger partial charge is 0.396 e. The lowest BCUT2D eigenvalue weighted by molar-refractivity contribution is 0.267. The summed E-state index contributed by atoms with van der Waals surface area (Å²) in [5.41, 5.74) is 0. The second-order valence-electron chi connectivity index (χ2n) is 3.84. The number of halogens is 2. The first-order valence-electron chi connectivity index (χ1n) is 5.10. The molecule has 2 N–H and O–H groups in total. The van der Waals surface area contributed by atoms with E-state index in [1.54, 1.807) is 6.20 Å². The van der Waals surface area contributed by atoms with E-state index in [4.69, 9.17) is 16.7 Å². The van der Waals surface area contributed by atoms with Gasteiger partial charge in [0, 0.05) is 18.8 Å². The smallest absolute Gasteiger partial charge is 0.224 e. The quantitative estimate of drug-likeness (QED) is 0.629. The molecule has 0 saturated carbocycles. The lowest BCUT2D eigenvalue weighted by Gasteiger charge is -2.22. The molecule has 0 aromatic carbocycles. The number of aromatic nitrogens is 2. The molecule has 0 aliphatic rings. The molecule has 1 aromatic rings. The highest BCUT2D eigenvalue weighted by atomic mass is 127. The summed E-state index contributed by atoms with van der Waals surface area (Å²) in [7, 11) is 0. The van der Waals surface area contributed by atoms with Crippen LogP contribution < -0.4 is 5.32 Å². The standard InChI is InChI=1S/C10H15ClIN3O/c1-6(2)8(3-4-16)14-9-7(12)5-13-10(11)15-9/h5-6,8,16H,3-4H2,1-2H3,(H,13,14,15). The summed E-state index contributed by atoms with van der Waals surface area (Å²) >= 11 is 7.90. The lowest BCUT2D eigenvalue weighted by atomic mass is 10.0. The Kier molecular flexibility index (Phi) is 5.71. The van der Waals surface area contributed by atoms with Crippen molar-refractivity contribution in [2.45, 2.75) is 26.3 Å². The third kappa shape index (κ3) is 4.03. The number of hydrogen-bond donors (Lipinski definition) is 2. The van der Waals surface area contributed by atoms with Crippen molar-refractivity contribution in [3.05, 3.63) is 15.1 Å². The van der Waals surface area contributed by atoms with Crippen molar-refractivity contribution in [3.63, 3.8) is 0 Å². The molecule has 4 nitrogen and oxygen atoms in total. The van der Waals surface area contributed by atoms with Crippen molar-refractivity contribution in [2.75, 3.05) is 11.9 Å². The normalized spacial score (nSPS) is 12.9. The highest BCUT2D eigenvalue weighted by molar-refractivity contribution is 14.1. The fourth-order valence-corrected chi connectivity index (χ4v) is 1.88. The van der Waals surface area contributed by atoms with E-state index in [1.807, 2.05) is 0 Å². The van der Waals surface area contributed by atoms with Crippen LogP contribution >= 0.6 is 34.2 Å². The first-order valence-corrected chi connectivity index (χ1v) is 6.55. The summed E-state index contributed by atoms with van der Waals surface area (Å²) in [6, 6.07) is 0.185. The Balaban J connectivity index is 2.80. The van der Waals surface area contributed by atoms with E-state index < -0.39 is 0 Å². The summed E-state index contributed by atoms with van der Waals surface area (Å²) in [5.74, 6) is 1.14. The highest BCUT2D eigenvalue weighted by Crippen LogP contribution is 2.20. The Hall–Kier alpha value is -0.140. The summed E-state index contributed by atoms with van der Waals surface area (Å²) in [4.78, 5) is 8.03. The molecule has 16 heavy (non-hydrogen) atoms. The van der Waals surface area contributed by atoms with E-state index in [0.717, 1.165) is 9.39 Å². The van der Waals surface area contributed by atoms with Crippen molar-refractivity contribution in [3.8, 4) is 0 Å². The predicted molar refractivity (Wildman–Crippen MR) is 73.7 cm³/mol. The molecule has 0 spiro atoms. The van der Waals surface area contributed by atoms with Gasteiger partial charge in [0.05, 0.1) is 3.57 Å². The summed E-state index contributed by atoms with van der Waals surface area (Å²) in [6.45, 7) is 4.36. The first-order chi connectivity index (χ1) is 7.54. The number of nitrogens with one attached hydrogen (secondary N) is 1. The van der Waals surface area contributed by atoms with E-state index in [2.05, 4.69) is 51.7 Å². The number of rotatable bonds is 5. The third-order valence-electron chi connectivity index (χ3n) is 2.28. The van der Waals surface area contributed by atoms with Crippen molar-refractivity contribution >= 4 is 40.0 Å². The average molecular weight is 356 g/mol. The van der Waals surface area contributed by atoms with Crippen LogP contribution in [0, 0.1) is 9.49 Å². The molecule has 6 heteroatoms. The topological polar surface area (TPSA) is 58.0 Å². The molecular weight excluding hydrogens is 340 g/mol. The van der Waals surface area contributed by atoms with Gasteiger partial charge in [0.2, 0.25) is 5.28 Å². The second kappa shape index (κ2) is 6.56. The molecule has 0 aliphatic heterocycles. The second-order valence-corrected chi connectivity index (χ2v) is 5.34. The van der Waals surface area contributed by atoms with Crippen LogP contribution in [-0.4, -0.2) is 27.7 Å². The highest BCUT2D eigenvalue weighted by Gasteiger charge is 2.15. The maximum Gasteiger partial charge on any atom is 0.224 e. The predicted octanol–water partition coefficient (Wildman–Crippen LogP) is 2.55. The van der Waals surface area contributed by atoms with E-state index in [1.165, 1.54) is 0 Å². The van der Waals surface area contributed by atoms with Crippen LogP contribution in [0.1, 0.15) is 20.3 Å². The van der Waals surface area contributed by atoms with Crippen molar-refractivity contribution in [1.82, 2.24) is 9.97 Å². The molecule has 90 valence electrons. The molecule has 0 amide bonds. The minimum absolute atomic E-state index is 0.158. The Morgan fingerprint density at radius 2 is 2.25 bits per heavy atom. The minimum Gasteiger partial charge on any atom is -0.396 e. The van der Waals surface area contributed by atoms with Crippen LogP contribution in [0.15, 0.2) is 6.20 Å². The van der Waals surface area contributed by atoms with E-state index in [0.29, 0.717) is 12.3 Å². The molecule has 1 rings (SSSR count). The summed E-state index contributed by atoms with van der Waals surface area (Å²) < 4.78 is 0.922. The third-order valence-corrected chi connectivity index (χ3v) is 3.25. The van der Waals surface area contributed by atoms with Gasteiger partial charge in [0.15, 0.2) is 0 Å². The first kappa shape index (κ1) is 13.9. The molecule has 0 saturated heterocycles. The Morgan fingerprint density at radius 1 is 1.56 bits per heavy atom. The number of nitrogens with zero attached hydrogens (tertiary/aromatic N) is 2.